The molecule has 1 N–H and O–H groups in total. The number of aromatic nitrogens is 2. The number of aliphatic hydroxyl groups is 1. The van der Waals surface area contributed by atoms with Gasteiger partial charge in [-0.25, -0.2) is 4.68 Å². The minimum absolute atomic E-state index is 0.400. The Morgan fingerprint density at radius 3 is 2.33 bits per heavy atom. The zero-order chi connectivity index (χ0) is 13.3. The molecule has 0 saturated carbocycles. The molecule has 96 valence electrons. The highest BCUT2D eigenvalue weighted by atomic mass is 35.5. The summed E-state index contributed by atoms with van der Waals surface area (Å²) >= 11 is 6.13. The first-order chi connectivity index (χ1) is 8.54. The van der Waals surface area contributed by atoms with E-state index in [1.807, 2.05) is 49.7 Å². The zero-order valence-corrected chi connectivity index (χ0v) is 11.6. The Morgan fingerprint density at radius 2 is 1.89 bits per heavy atom. The molecular weight excluding hydrogens is 248 g/mol. The number of aliphatic hydroxyl groups excluding tert-OH is 1. The first kappa shape index (κ1) is 13.1. The number of hydrogen-bond acceptors (Lipinski definition) is 2. The fraction of sp³-hybridized carbons (Fsp3) is 0.357. The van der Waals surface area contributed by atoms with Gasteiger partial charge in [0, 0.05) is 0 Å². The fourth-order valence-electron chi connectivity index (χ4n) is 1.95. The van der Waals surface area contributed by atoms with Crippen LogP contribution in [-0.2, 0) is 0 Å². The second-order valence-electron chi connectivity index (χ2n) is 4.41. The van der Waals surface area contributed by atoms with Crippen molar-refractivity contribution in [1.82, 2.24) is 9.78 Å². The Labute approximate surface area is 112 Å². The Hall–Kier alpha value is -1.32. The van der Waals surface area contributed by atoms with Gasteiger partial charge in [-0.15, -0.1) is 0 Å². The molecule has 2 aromatic rings. The van der Waals surface area contributed by atoms with Crippen LogP contribution in [0.4, 0.5) is 0 Å². The maximum atomic E-state index is 9.75. The molecular formula is C14H17ClN2O. The van der Waals surface area contributed by atoms with Gasteiger partial charge < -0.3 is 5.11 Å². The highest BCUT2D eigenvalue weighted by molar-refractivity contribution is 6.31. The summed E-state index contributed by atoms with van der Waals surface area (Å²) in [6.07, 6.45) is 0.313. The van der Waals surface area contributed by atoms with Gasteiger partial charge in [0.15, 0.2) is 0 Å². The Bertz CT molecular complexity index is 546. The maximum Gasteiger partial charge on any atom is 0.0848 e. The quantitative estimate of drug-likeness (QED) is 0.920. The van der Waals surface area contributed by atoms with Gasteiger partial charge in [0.1, 0.15) is 0 Å². The van der Waals surface area contributed by atoms with E-state index >= 15 is 0 Å². The van der Waals surface area contributed by atoms with Crippen LogP contribution in [0.2, 0.25) is 5.02 Å². The molecule has 3 nitrogen and oxygen atoms in total. The van der Waals surface area contributed by atoms with Crippen molar-refractivity contribution in [3.63, 3.8) is 0 Å². The number of halogens is 1. The summed E-state index contributed by atoms with van der Waals surface area (Å²) in [7, 11) is 0. The van der Waals surface area contributed by atoms with Crippen LogP contribution in [-0.4, -0.2) is 14.9 Å². The van der Waals surface area contributed by atoms with Gasteiger partial charge >= 0.3 is 0 Å². The van der Waals surface area contributed by atoms with Crippen LogP contribution >= 0.6 is 11.6 Å². The van der Waals surface area contributed by atoms with E-state index in [1.165, 1.54) is 0 Å². The molecule has 0 saturated heterocycles. The lowest BCUT2D eigenvalue weighted by molar-refractivity contribution is 0.173. The number of aryl methyl sites for hydroxylation is 1. The summed E-state index contributed by atoms with van der Waals surface area (Å²) in [6.45, 7) is 5.79. The molecule has 0 amide bonds. The molecule has 2 rings (SSSR count). The van der Waals surface area contributed by atoms with Crippen LogP contribution in [0.1, 0.15) is 36.4 Å². The van der Waals surface area contributed by atoms with Crippen LogP contribution in [0, 0.1) is 13.8 Å². The Morgan fingerprint density at radius 1 is 1.28 bits per heavy atom. The van der Waals surface area contributed by atoms with Crippen molar-refractivity contribution in [3.05, 3.63) is 46.2 Å². The number of benzene rings is 1. The van der Waals surface area contributed by atoms with Crippen molar-refractivity contribution in [2.45, 2.75) is 33.3 Å². The molecule has 0 spiro atoms. The largest absolute Gasteiger partial charge is 0.388 e. The number of rotatable bonds is 3. The topological polar surface area (TPSA) is 38.0 Å². The zero-order valence-electron chi connectivity index (χ0n) is 10.8. The van der Waals surface area contributed by atoms with Gasteiger partial charge in [-0.3, -0.25) is 0 Å². The molecule has 0 bridgehead atoms. The molecule has 0 aliphatic heterocycles. The van der Waals surface area contributed by atoms with Crippen molar-refractivity contribution in [2.75, 3.05) is 0 Å². The smallest absolute Gasteiger partial charge is 0.0848 e. The van der Waals surface area contributed by atoms with Crippen LogP contribution < -0.4 is 0 Å². The van der Waals surface area contributed by atoms with Crippen molar-refractivity contribution in [3.8, 4) is 5.69 Å². The van der Waals surface area contributed by atoms with Crippen LogP contribution in [0.5, 0.6) is 0 Å². The van der Waals surface area contributed by atoms with Gasteiger partial charge in [-0.1, -0.05) is 30.7 Å². The molecule has 0 fully saturated rings. The summed E-state index contributed by atoms with van der Waals surface area (Å²) < 4.78 is 1.82. The molecule has 0 aliphatic carbocycles. The molecule has 1 atom stereocenters. The highest BCUT2D eigenvalue weighted by Crippen LogP contribution is 2.23. The first-order valence-corrected chi connectivity index (χ1v) is 6.42. The third-order valence-corrected chi connectivity index (χ3v) is 3.66. The lowest BCUT2D eigenvalue weighted by atomic mass is 10.1. The van der Waals surface area contributed by atoms with Gasteiger partial charge in [0.2, 0.25) is 0 Å². The summed E-state index contributed by atoms with van der Waals surface area (Å²) in [4.78, 5) is 0. The molecule has 0 radical (unpaired) electrons. The van der Waals surface area contributed by atoms with E-state index in [9.17, 15) is 5.11 Å². The Balaban J connectivity index is 2.37. The van der Waals surface area contributed by atoms with Crippen molar-refractivity contribution >= 4 is 11.6 Å². The second kappa shape index (κ2) is 5.12. The molecule has 1 heterocycles. The van der Waals surface area contributed by atoms with Crippen LogP contribution in [0.3, 0.4) is 0 Å². The molecule has 0 unspecified atom stereocenters. The lowest BCUT2D eigenvalue weighted by Gasteiger charge is -2.09. The van der Waals surface area contributed by atoms with Crippen molar-refractivity contribution in [1.29, 1.82) is 0 Å². The number of hydrogen-bond donors (Lipinski definition) is 1. The molecule has 4 heteroatoms. The lowest BCUT2D eigenvalue weighted by Crippen LogP contribution is -2.00. The van der Waals surface area contributed by atoms with E-state index in [1.54, 1.807) is 0 Å². The summed E-state index contributed by atoms with van der Waals surface area (Å²) in [5.41, 5.74) is 3.63. The van der Waals surface area contributed by atoms with E-state index in [0.717, 1.165) is 22.6 Å². The van der Waals surface area contributed by atoms with Crippen LogP contribution in [0.25, 0.3) is 5.69 Å². The molecule has 1 aromatic heterocycles. The average Bonchev–Trinajstić information content (AvgIpc) is 2.66. The average molecular weight is 265 g/mol. The van der Waals surface area contributed by atoms with Gasteiger partial charge in [0.05, 0.1) is 28.2 Å². The summed E-state index contributed by atoms with van der Waals surface area (Å²) in [5.74, 6) is 0. The summed E-state index contributed by atoms with van der Waals surface area (Å²) in [6, 6.07) is 7.75. The van der Waals surface area contributed by atoms with Crippen LogP contribution in [0.15, 0.2) is 24.3 Å². The second-order valence-corrected chi connectivity index (χ2v) is 4.79. The van der Waals surface area contributed by atoms with E-state index in [-0.39, 0.29) is 0 Å². The highest BCUT2D eigenvalue weighted by Gasteiger charge is 2.11. The SMILES string of the molecule is CC[C@H](O)c1ccc(-n2nc(C)c(Cl)c2C)cc1. The van der Waals surface area contributed by atoms with E-state index in [4.69, 9.17) is 11.6 Å². The molecule has 1 aromatic carbocycles. The molecule has 18 heavy (non-hydrogen) atoms. The summed E-state index contributed by atoms with van der Waals surface area (Å²) in [5, 5.41) is 14.8. The standard InChI is InChI=1S/C14H17ClN2O/c1-4-13(18)11-5-7-12(8-6-11)17-10(3)14(15)9(2)16-17/h5-8,13,18H,4H2,1-3H3/t13-/m0/s1. The van der Waals surface area contributed by atoms with E-state index in [2.05, 4.69) is 5.10 Å². The van der Waals surface area contributed by atoms with Gasteiger partial charge in [-0.05, 0) is 38.0 Å². The predicted octanol–water partition coefficient (Wildman–Crippen LogP) is 3.59. The molecule has 0 aliphatic rings. The van der Waals surface area contributed by atoms with E-state index < -0.39 is 6.10 Å². The maximum absolute atomic E-state index is 9.75. The normalized spacial score (nSPS) is 12.7. The van der Waals surface area contributed by atoms with Crippen molar-refractivity contribution in [2.24, 2.45) is 0 Å². The first-order valence-electron chi connectivity index (χ1n) is 6.04. The van der Waals surface area contributed by atoms with Gasteiger partial charge in [0.25, 0.3) is 0 Å². The third-order valence-electron chi connectivity index (χ3n) is 3.11. The Kier molecular flexibility index (Phi) is 3.73. The monoisotopic (exact) mass is 264 g/mol. The minimum atomic E-state index is -0.400. The minimum Gasteiger partial charge on any atom is -0.388 e. The van der Waals surface area contributed by atoms with E-state index in [0.29, 0.717) is 11.4 Å². The number of nitrogens with zero attached hydrogens (tertiary/aromatic N) is 2. The predicted molar refractivity (Wildman–Crippen MR) is 73.3 cm³/mol. The fourth-order valence-corrected chi connectivity index (χ4v) is 2.07. The van der Waals surface area contributed by atoms with Gasteiger partial charge in [-0.2, -0.15) is 5.10 Å². The van der Waals surface area contributed by atoms with Crippen molar-refractivity contribution < 1.29 is 5.11 Å². The third kappa shape index (κ3) is 2.28.